The molecule has 1 aliphatic rings. The van der Waals surface area contributed by atoms with E-state index in [4.69, 9.17) is 0 Å². The molecule has 0 spiro atoms. The first-order valence-electron chi connectivity index (χ1n) is 9.50. The molecule has 4 rings (SSSR count). The van der Waals surface area contributed by atoms with Crippen LogP contribution in [-0.4, -0.2) is 57.6 Å². The van der Waals surface area contributed by atoms with Crippen LogP contribution in [0, 0.1) is 5.82 Å². The zero-order valence-corrected chi connectivity index (χ0v) is 15.9. The highest BCUT2D eigenvalue weighted by Crippen LogP contribution is 2.14. The lowest BCUT2D eigenvalue weighted by Crippen LogP contribution is -2.50. The van der Waals surface area contributed by atoms with Gasteiger partial charge in [-0.05, 0) is 42.0 Å². The first-order valence-corrected chi connectivity index (χ1v) is 9.50. The van der Waals surface area contributed by atoms with E-state index in [-0.39, 0.29) is 11.8 Å². The van der Waals surface area contributed by atoms with Crippen molar-refractivity contribution in [1.29, 1.82) is 0 Å². The number of hydrogen-bond donors (Lipinski definition) is 0. The summed E-state index contributed by atoms with van der Waals surface area (Å²) in [5.74, 6) is -0.686. The Bertz CT molecular complexity index is 994. The minimum atomic E-state index is -0.430. The van der Waals surface area contributed by atoms with Crippen molar-refractivity contribution >= 4 is 11.8 Å². The van der Waals surface area contributed by atoms with E-state index in [9.17, 15) is 14.0 Å². The number of piperazine rings is 1. The van der Waals surface area contributed by atoms with E-state index in [0.29, 0.717) is 43.9 Å². The third kappa shape index (κ3) is 4.34. The normalized spacial score (nSPS) is 14.1. The van der Waals surface area contributed by atoms with Crippen molar-refractivity contribution in [3.8, 4) is 0 Å². The Kier molecular flexibility index (Phi) is 5.37. The van der Waals surface area contributed by atoms with E-state index in [1.165, 1.54) is 18.2 Å². The van der Waals surface area contributed by atoms with Gasteiger partial charge in [-0.1, -0.05) is 18.2 Å². The summed E-state index contributed by atoms with van der Waals surface area (Å²) >= 11 is 0. The van der Waals surface area contributed by atoms with Crippen LogP contribution in [0.5, 0.6) is 0 Å². The van der Waals surface area contributed by atoms with Crippen molar-refractivity contribution in [2.75, 3.05) is 26.2 Å². The fourth-order valence-corrected chi connectivity index (χ4v) is 3.43. The largest absolute Gasteiger partial charge is 0.335 e. The molecular formula is C22H21FN4O2. The van der Waals surface area contributed by atoms with E-state index >= 15 is 0 Å². The van der Waals surface area contributed by atoms with Gasteiger partial charge in [0.15, 0.2) is 0 Å². The standard InChI is InChI=1S/C22H21FN4O2/c23-20-4-1-3-19(15-20)22(29)26-13-11-25(12-14-26)21(28)18-7-5-17(6-8-18)16-27-10-2-9-24-27/h1-10,15H,11-14,16H2. The van der Waals surface area contributed by atoms with Gasteiger partial charge < -0.3 is 9.80 Å². The minimum absolute atomic E-state index is 0.0477. The van der Waals surface area contributed by atoms with Gasteiger partial charge in [0.05, 0.1) is 6.54 Å². The monoisotopic (exact) mass is 392 g/mol. The number of carbonyl (C=O) groups is 2. The van der Waals surface area contributed by atoms with E-state index < -0.39 is 5.82 Å². The van der Waals surface area contributed by atoms with Gasteiger partial charge in [-0.3, -0.25) is 14.3 Å². The van der Waals surface area contributed by atoms with Crippen LogP contribution in [0.1, 0.15) is 26.3 Å². The Morgan fingerprint density at radius 1 is 0.862 bits per heavy atom. The molecule has 0 atom stereocenters. The van der Waals surface area contributed by atoms with Gasteiger partial charge in [0, 0.05) is 49.7 Å². The van der Waals surface area contributed by atoms with Gasteiger partial charge in [-0.2, -0.15) is 5.10 Å². The van der Waals surface area contributed by atoms with Crippen molar-refractivity contribution in [1.82, 2.24) is 19.6 Å². The molecule has 2 amide bonds. The molecule has 0 N–H and O–H groups in total. The molecule has 1 saturated heterocycles. The second kappa shape index (κ2) is 8.26. The summed E-state index contributed by atoms with van der Waals surface area (Å²) in [7, 11) is 0. The highest BCUT2D eigenvalue weighted by atomic mass is 19.1. The lowest BCUT2D eigenvalue weighted by Gasteiger charge is -2.35. The van der Waals surface area contributed by atoms with Gasteiger partial charge in [0.1, 0.15) is 5.82 Å². The quantitative estimate of drug-likeness (QED) is 0.686. The highest BCUT2D eigenvalue weighted by molar-refractivity contribution is 5.96. The summed E-state index contributed by atoms with van der Waals surface area (Å²) in [6.07, 6.45) is 3.63. The number of rotatable bonds is 4. The number of benzene rings is 2. The van der Waals surface area contributed by atoms with Crippen molar-refractivity contribution in [2.24, 2.45) is 0 Å². The number of aromatic nitrogens is 2. The lowest BCUT2D eigenvalue weighted by atomic mass is 10.1. The third-order valence-corrected chi connectivity index (χ3v) is 5.03. The van der Waals surface area contributed by atoms with Crippen molar-refractivity contribution in [2.45, 2.75) is 6.54 Å². The van der Waals surface area contributed by atoms with Crippen LogP contribution >= 0.6 is 0 Å². The van der Waals surface area contributed by atoms with Crippen LogP contribution in [0.2, 0.25) is 0 Å². The minimum Gasteiger partial charge on any atom is -0.335 e. The molecule has 6 nitrogen and oxygen atoms in total. The molecule has 0 bridgehead atoms. The van der Waals surface area contributed by atoms with Crippen LogP contribution in [0.15, 0.2) is 67.0 Å². The lowest BCUT2D eigenvalue weighted by molar-refractivity contribution is 0.0535. The molecule has 2 heterocycles. The van der Waals surface area contributed by atoms with Crippen molar-refractivity contribution < 1.29 is 14.0 Å². The van der Waals surface area contributed by atoms with Crippen molar-refractivity contribution in [3.63, 3.8) is 0 Å². The highest BCUT2D eigenvalue weighted by Gasteiger charge is 2.25. The summed E-state index contributed by atoms with van der Waals surface area (Å²) in [5.41, 5.74) is 2.02. The van der Waals surface area contributed by atoms with Crippen LogP contribution < -0.4 is 0 Å². The average Bonchev–Trinajstić information content (AvgIpc) is 3.26. The second-order valence-electron chi connectivity index (χ2n) is 7.00. The van der Waals surface area contributed by atoms with Gasteiger partial charge in [-0.25, -0.2) is 4.39 Å². The fourth-order valence-electron chi connectivity index (χ4n) is 3.43. The maximum Gasteiger partial charge on any atom is 0.254 e. The zero-order valence-electron chi connectivity index (χ0n) is 15.9. The molecule has 0 unspecified atom stereocenters. The topological polar surface area (TPSA) is 58.4 Å². The molecule has 0 saturated carbocycles. The number of amides is 2. The number of nitrogens with zero attached hydrogens (tertiary/aromatic N) is 4. The average molecular weight is 392 g/mol. The number of hydrogen-bond acceptors (Lipinski definition) is 3. The summed E-state index contributed by atoms with van der Waals surface area (Å²) in [4.78, 5) is 28.7. The van der Waals surface area contributed by atoms with Crippen LogP contribution in [0.3, 0.4) is 0 Å². The summed E-state index contributed by atoms with van der Waals surface area (Å²) in [5, 5.41) is 4.18. The van der Waals surface area contributed by atoms with E-state index in [2.05, 4.69) is 5.10 Å². The Labute approximate surface area is 168 Å². The molecule has 7 heteroatoms. The molecule has 3 aromatic rings. The summed E-state index contributed by atoms with van der Waals surface area (Å²) in [6.45, 7) is 2.42. The Morgan fingerprint density at radius 2 is 1.52 bits per heavy atom. The first kappa shape index (κ1) is 18.9. The molecule has 29 heavy (non-hydrogen) atoms. The van der Waals surface area contributed by atoms with Gasteiger partial charge in [0.25, 0.3) is 11.8 Å². The zero-order chi connectivity index (χ0) is 20.2. The second-order valence-corrected chi connectivity index (χ2v) is 7.00. The first-order chi connectivity index (χ1) is 14.1. The molecule has 0 aliphatic carbocycles. The van der Waals surface area contributed by atoms with Crippen molar-refractivity contribution in [3.05, 3.63) is 89.5 Å². The smallest absolute Gasteiger partial charge is 0.254 e. The molecule has 0 radical (unpaired) electrons. The van der Waals surface area contributed by atoms with Gasteiger partial charge in [0.2, 0.25) is 0 Å². The predicted molar refractivity (Wildman–Crippen MR) is 106 cm³/mol. The Morgan fingerprint density at radius 3 is 2.10 bits per heavy atom. The van der Waals surface area contributed by atoms with Crippen LogP contribution in [0.4, 0.5) is 4.39 Å². The molecule has 1 fully saturated rings. The Balaban J connectivity index is 1.34. The maximum atomic E-state index is 13.4. The fraction of sp³-hybridized carbons (Fsp3) is 0.227. The van der Waals surface area contributed by atoms with E-state index in [1.54, 1.807) is 22.1 Å². The van der Waals surface area contributed by atoms with Gasteiger partial charge >= 0.3 is 0 Å². The SMILES string of the molecule is O=C(c1ccc(Cn2cccn2)cc1)N1CCN(C(=O)c2cccc(F)c2)CC1. The van der Waals surface area contributed by atoms with Crippen LogP contribution in [-0.2, 0) is 6.54 Å². The van der Waals surface area contributed by atoms with E-state index in [1.807, 2.05) is 41.2 Å². The molecule has 1 aliphatic heterocycles. The third-order valence-electron chi connectivity index (χ3n) is 5.03. The molecule has 1 aromatic heterocycles. The summed E-state index contributed by atoms with van der Waals surface area (Å²) < 4.78 is 15.2. The maximum absolute atomic E-state index is 13.4. The van der Waals surface area contributed by atoms with E-state index in [0.717, 1.165) is 5.56 Å². The molecular weight excluding hydrogens is 371 g/mol. The predicted octanol–water partition coefficient (Wildman–Crippen LogP) is 2.67. The summed E-state index contributed by atoms with van der Waals surface area (Å²) in [6, 6.07) is 15.1. The van der Waals surface area contributed by atoms with Gasteiger partial charge in [-0.15, -0.1) is 0 Å². The molecule has 148 valence electrons. The Hall–Kier alpha value is -3.48. The number of halogens is 1. The van der Waals surface area contributed by atoms with Crippen LogP contribution in [0.25, 0.3) is 0 Å². The molecule has 2 aromatic carbocycles. The number of carbonyl (C=O) groups excluding carboxylic acids is 2.